The van der Waals surface area contributed by atoms with Crippen LogP contribution in [0.3, 0.4) is 0 Å². The zero-order valence-corrected chi connectivity index (χ0v) is 13.5. The van der Waals surface area contributed by atoms with Crippen LogP contribution in [0.15, 0.2) is 15.4 Å². The summed E-state index contributed by atoms with van der Waals surface area (Å²) in [6, 6.07) is 1.42. The highest BCUT2D eigenvalue weighted by Gasteiger charge is 2.28. The van der Waals surface area contributed by atoms with Gasteiger partial charge in [-0.05, 0) is 12.8 Å². The van der Waals surface area contributed by atoms with Gasteiger partial charge in [0.2, 0.25) is 10.0 Å². The van der Waals surface area contributed by atoms with Gasteiger partial charge in [-0.25, -0.2) is 8.42 Å². The first-order valence-corrected chi connectivity index (χ1v) is 8.54. The highest BCUT2D eigenvalue weighted by atomic mass is 32.2. The van der Waals surface area contributed by atoms with Crippen molar-refractivity contribution in [3.63, 3.8) is 0 Å². The van der Waals surface area contributed by atoms with Crippen molar-refractivity contribution in [3.8, 4) is 0 Å². The number of sulfonamides is 1. The van der Waals surface area contributed by atoms with Crippen molar-refractivity contribution in [1.29, 1.82) is 0 Å². The molecule has 0 spiro atoms. The highest BCUT2D eigenvalue weighted by molar-refractivity contribution is 7.89. The smallest absolute Gasteiger partial charge is 0.246 e. The molecule has 0 fully saturated rings. The Morgan fingerprint density at radius 2 is 1.90 bits per heavy atom. The number of aliphatic hydroxyl groups excluding tert-OH is 1. The molecule has 0 saturated heterocycles. The van der Waals surface area contributed by atoms with Gasteiger partial charge in [0.15, 0.2) is 0 Å². The molecule has 1 aromatic rings. The molecule has 0 aliphatic rings. The van der Waals surface area contributed by atoms with Crippen molar-refractivity contribution in [2.24, 2.45) is 5.92 Å². The van der Waals surface area contributed by atoms with Crippen LogP contribution in [0.25, 0.3) is 0 Å². The number of rotatable bonds is 8. The summed E-state index contributed by atoms with van der Waals surface area (Å²) in [7, 11) is -3.56. The first-order valence-electron chi connectivity index (χ1n) is 7.10. The molecule has 1 N–H and O–H groups in total. The van der Waals surface area contributed by atoms with Gasteiger partial charge in [-0.15, -0.1) is 0 Å². The van der Waals surface area contributed by atoms with Gasteiger partial charge in [-0.3, -0.25) is 0 Å². The van der Waals surface area contributed by atoms with E-state index in [1.807, 2.05) is 6.92 Å². The standard InChI is InChI=1S/C14H25NO4S/c1-5-12(6-2)9-15(7-3)20(17,18)14-8-13(10-16)19-11(14)4/h8,12,16H,5-7,9-10H2,1-4H3. The van der Waals surface area contributed by atoms with Gasteiger partial charge in [-0.2, -0.15) is 4.31 Å². The van der Waals surface area contributed by atoms with Crippen molar-refractivity contribution in [2.45, 2.75) is 52.0 Å². The third kappa shape index (κ3) is 3.62. The highest BCUT2D eigenvalue weighted by Crippen LogP contribution is 2.25. The van der Waals surface area contributed by atoms with Crippen LogP contribution in [0.5, 0.6) is 0 Å². The molecule has 116 valence electrons. The van der Waals surface area contributed by atoms with E-state index in [4.69, 9.17) is 9.52 Å². The van der Waals surface area contributed by atoms with E-state index in [-0.39, 0.29) is 17.3 Å². The molecule has 0 unspecified atom stereocenters. The summed E-state index contributed by atoms with van der Waals surface area (Å²) < 4.78 is 32.1. The first-order chi connectivity index (χ1) is 9.40. The van der Waals surface area contributed by atoms with Crippen molar-refractivity contribution in [3.05, 3.63) is 17.6 Å². The minimum absolute atomic E-state index is 0.161. The molecule has 0 aliphatic heterocycles. The molecule has 0 bridgehead atoms. The van der Waals surface area contributed by atoms with E-state index >= 15 is 0 Å². The zero-order valence-electron chi connectivity index (χ0n) is 12.7. The summed E-state index contributed by atoms with van der Waals surface area (Å²) in [6.45, 7) is 8.24. The van der Waals surface area contributed by atoms with Crippen LogP contribution in [0.4, 0.5) is 0 Å². The molecular formula is C14H25NO4S. The van der Waals surface area contributed by atoms with Gasteiger partial charge >= 0.3 is 0 Å². The Kier molecular flexibility index (Phi) is 6.23. The van der Waals surface area contributed by atoms with E-state index in [9.17, 15) is 8.42 Å². The lowest BCUT2D eigenvalue weighted by Gasteiger charge is -2.24. The van der Waals surface area contributed by atoms with Gasteiger partial charge < -0.3 is 9.52 Å². The van der Waals surface area contributed by atoms with Gasteiger partial charge in [-0.1, -0.05) is 33.6 Å². The molecular weight excluding hydrogens is 278 g/mol. The van der Waals surface area contributed by atoms with E-state index in [0.29, 0.717) is 24.8 Å². The largest absolute Gasteiger partial charge is 0.462 e. The molecule has 0 aliphatic carbocycles. The van der Waals surface area contributed by atoms with E-state index < -0.39 is 10.0 Å². The maximum absolute atomic E-state index is 12.7. The zero-order chi connectivity index (χ0) is 15.3. The SMILES string of the molecule is CCC(CC)CN(CC)S(=O)(=O)c1cc(CO)oc1C. The van der Waals surface area contributed by atoms with Crippen LogP contribution in [0.2, 0.25) is 0 Å². The molecule has 0 aromatic carbocycles. The van der Waals surface area contributed by atoms with Crippen LogP contribution >= 0.6 is 0 Å². The Morgan fingerprint density at radius 3 is 2.30 bits per heavy atom. The van der Waals surface area contributed by atoms with Crippen LogP contribution in [0, 0.1) is 12.8 Å². The quantitative estimate of drug-likeness (QED) is 0.801. The molecule has 0 amide bonds. The number of furan rings is 1. The van der Waals surface area contributed by atoms with Crippen molar-refractivity contribution in [1.82, 2.24) is 4.31 Å². The molecule has 1 heterocycles. The molecule has 20 heavy (non-hydrogen) atoms. The maximum Gasteiger partial charge on any atom is 0.246 e. The minimum atomic E-state index is -3.56. The van der Waals surface area contributed by atoms with Crippen LogP contribution in [0.1, 0.15) is 45.1 Å². The third-order valence-corrected chi connectivity index (χ3v) is 5.71. The van der Waals surface area contributed by atoms with Crippen LogP contribution in [-0.2, 0) is 16.6 Å². The summed E-state index contributed by atoms with van der Waals surface area (Å²) in [6.07, 6.45) is 1.91. The minimum Gasteiger partial charge on any atom is -0.462 e. The van der Waals surface area contributed by atoms with Gasteiger partial charge in [0.05, 0.1) is 0 Å². The molecule has 0 atom stereocenters. The second-order valence-corrected chi connectivity index (χ2v) is 6.84. The average Bonchev–Trinajstić information content (AvgIpc) is 2.82. The second-order valence-electron chi connectivity index (χ2n) is 4.93. The molecule has 0 saturated carbocycles. The van der Waals surface area contributed by atoms with Crippen molar-refractivity contribution >= 4 is 10.0 Å². The Labute approximate surface area is 121 Å². The first kappa shape index (κ1) is 17.2. The molecule has 6 heteroatoms. The Balaban J connectivity index is 3.08. The van der Waals surface area contributed by atoms with Crippen molar-refractivity contribution < 1.29 is 17.9 Å². The van der Waals surface area contributed by atoms with E-state index in [2.05, 4.69) is 13.8 Å². The fourth-order valence-electron chi connectivity index (χ4n) is 2.23. The Bertz CT molecular complexity index is 517. The lowest BCUT2D eigenvalue weighted by molar-refractivity contribution is 0.244. The molecule has 1 rings (SSSR count). The Morgan fingerprint density at radius 1 is 1.30 bits per heavy atom. The number of aryl methyl sites for hydroxylation is 1. The normalized spacial score (nSPS) is 12.6. The number of aliphatic hydroxyl groups is 1. The predicted molar refractivity (Wildman–Crippen MR) is 77.9 cm³/mol. The predicted octanol–water partition coefficient (Wildman–Crippen LogP) is 2.53. The maximum atomic E-state index is 12.7. The second kappa shape index (κ2) is 7.24. The monoisotopic (exact) mass is 303 g/mol. The molecule has 5 nitrogen and oxygen atoms in total. The fraction of sp³-hybridized carbons (Fsp3) is 0.714. The summed E-state index contributed by atoms with van der Waals surface area (Å²) in [5.74, 6) is 0.964. The molecule has 1 aromatic heterocycles. The van der Waals surface area contributed by atoms with E-state index in [1.165, 1.54) is 10.4 Å². The fourth-order valence-corrected chi connectivity index (χ4v) is 3.94. The Hall–Kier alpha value is -0.850. The lowest BCUT2D eigenvalue weighted by atomic mass is 10.0. The number of hydrogen-bond donors (Lipinski definition) is 1. The van der Waals surface area contributed by atoms with Crippen molar-refractivity contribution in [2.75, 3.05) is 13.1 Å². The van der Waals surface area contributed by atoms with Gasteiger partial charge in [0.25, 0.3) is 0 Å². The summed E-state index contributed by atoms with van der Waals surface area (Å²) in [5.41, 5.74) is 0. The number of nitrogens with zero attached hydrogens (tertiary/aromatic N) is 1. The average molecular weight is 303 g/mol. The van der Waals surface area contributed by atoms with Gasteiger partial charge in [0.1, 0.15) is 23.0 Å². The van der Waals surface area contributed by atoms with Gasteiger partial charge in [0, 0.05) is 19.2 Å². The summed E-state index contributed by atoms with van der Waals surface area (Å²) in [5, 5.41) is 9.06. The van der Waals surface area contributed by atoms with Crippen LogP contribution < -0.4 is 0 Å². The van der Waals surface area contributed by atoms with E-state index in [0.717, 1.165) is 12.8 Å². The molecule has 0 radical (unpaired) electrons. The van der Waals surface area contributed by atoms with E-state index in [1.54, 1.807) is 6.92 Å². The van der Waals surface area contributed by atoms with Crippen LogP contribution in [-0.4, -0.2) is 30.9 Å². The topological polar surface area (TPSA) is 70.8 Å². The summed E-state index contributed by atoms with van der Waals surface area (Å²) in [4.78, 5) is 0.161. The lowest BCUT2D eigenvalue weighted by Crippen LogP contribution is -2.35. The number of hydrogen-bond acceptors (Lipinski definition) is 4. The summed E-state index contributed by atoms with van der Waals surface area (Å²) >= 11 is 0. The third-order valence-electron chi connectivity index (χ3n) is 3.67.